The van der Waals surface area contributed by atoms with Crippen LogP contribution in [0.25, 0.3) is 0 Å². The van der Waals surface area contributed by atoms with E-state index in [0.29, 0.717) is 18.2 Å². The van der Waals surface area contributed by atoms with Gasteiger partial charge in [0.05, 0.1) is 7.11 Å². The van der Waals surface area contributed by atoms with Crippen LogP contribution in [-0.4, -0.2) is 41.2 Å². The third-order valence-corrected chi connectivity index (χ3v) is 5.42. The average Bonchev–Trinajstić information content (AvgIpc) is 3.43. The number of hydrogen-bond donors (Lipinski definition) is 2. The number of likely N-dealkylation sites (tertiary alicyclic amines) is 1. The van der Waals surface area contributed by atoms with Crippen molar-refractivity contribution in [3.05, 3.63) is 83.2 Å². The normalized spacial score (nSPS) is 16.7. The molecule has 1 saturated heterocycles. The van der Waals surface area contributed by atoms with Gasteiger partial charge in [-0.15, -0.1) is 0 Å². The van der Waals surface area contributed by atoms with Gasteiger partial charge >= 0.3 is 0 Å². The molecule has 2 N–H and O–H groups in total. The zero-order chi connectivity index (χ0) is 20.1. The molecule has 1 aromatic heterocycles. The van der Waals surface area contributed by atoms with Crippen molar-refractivity contribution in [1.82, 2.24) is 20.4 Å². The number of methoxy groups -OCH3 is 1. The Morgan fingerprint density at radius 2 is 2.00 bits per heavy atom. The minimum Gasteiger partial charge on any atom is -0.496 e. The summed E-state index contributed by atoms with van der Waals surface area (Å²) in [5.41, 5.74) is 3.72. The van der Waals surface area contributed by atoms with E-state index in [1.54, 1.807) is 7.11 Å². The molecule has 1 atom stereocenters. The van der Waals surface area contributed by atoms with Crippen LogP contribution in [0.2, 0.25) is 0 Å². The molecule has 6 heteroatoms. The van der Waals surface area contributed by atoms with Gasteiger partial charge in [-0.1, -0.05) is 48.5 Å². The molecular formula is C23H26N4O2. The zero-order valence-corrected chi connectivity index (χ0v) is 16.6. The molecule has 2 aromatic carbocycles. The average molecular weight is 390 g/mol. The number of benzene rings is 2. The number of nitrogens with one attached hydrogen (secondary N) is 2. The number of amides is 1. The molecule has 1 aliphatic rings. The van der Waals surface area contributed by atoms with Crippen LogP contribution < -0.4 is 10.1 Å². The first-order chi connectivity index (χ1) is 14.2. The molecule has 3 aromatic rings. The highest BCUT2D eigenvalue weighted by Crippen LogP contribution is 2.27. The highest BCUT2D eigenvalue weighted by molar-refractivity contribution is 5.92. The fraction of sp³-hybridized carbons (Fsp3) is 0.304. The van der Waals surface area contributed by atoms with Gasteiger partial charge in [0.25, 0.3) is 5.91 Å². The van der Waals surface area contributed by atoms with Crippen LogP contribution >= 0.6 is 0 Å². The van der Waals surface area contributed by atoms with E-state index in [4.69, 9.17) is 4.74 Å². The zero-order valence-electron chi connectivity index (χ0n) is 16.6. The minimum absolute atomic E-state index is 0.183. The molecule has 2 heterocycles. The summed E-state index contributed by atoms with van der Waals surface area (Å²) < 4.78 is 5.33. The first-order valence-corrected chi connectivity index (χ1v) is 9.94. The van der Waals surface area contributed by atoms with Crippen molar-refractivity contribution in [3.63, 3.8) is 0 Å². The van der Waals surface area contributed by atoms with Crippen LogP contribution in [0.4, 0.5) is 0 Å². The summed E-state index contributed by atoms with van der Waals surface area (Å²) in [5, 5.41) is 10.2. The monoisotopic (exact) mass is 390 g/mol. The lowest BCUT2D eigenvalue weighted by molar-refractivity contribution is 0.0945. The lowest BCUT2D eigenvalue weighted by atomic mass is 10.0. The molecule has 150 valence electrons. The molecule has 0 spiro atoms. The van der Waals surface area contributed by atoms with E-state index in [1.807, 2.05) is 36.4 Å². The van der Waals surface area contributed by atoms with Gasteiger partial charge < -0.3 is 10.1 Å². The van der Waals surface area contributed by atoms with Crippen LogP contribution in [0.5, 0.6) is 5.75 Å². The van der Waals surface area contributed by atoms with Crippen molar-refractivity contribution in [2.75, 3.05) is 20.2 Å². The van der Waals surface area contributed by atoms with Gasteiger partial charge in [0, 0.05) is 36.8 Å². The number of aromatic nitrogens is 2. The molecule has 0 bridgehead atoms. The van der Waals surface area contributed by atoms with Gasteiger partial charge in [0.15, 0.2) is 0 Å². The van der Waals surface area contributed by atoms with Crippen molar-refractivity contribution in [3.8, 4) is 5.75 Å². The van der Waals surface area contributed by atoms with Crippen LogP contribution in [-0.2, 0) is 13.1 Å². The molecule has 1 fully saturated rings. The lowest BCUT2D eigenvalue weighted by Crippen LogP contribution is -2.23. The summed E-state index contributed by atoms with van der Waals surface area (Å²) in [4.78, 5) is 15.0. The number of carbonyl (C=O) groups is 1. The van der Waals surface area contributed by atoms with Crippen molar-refractivity contribution in [2.45, 2.75) is 25.4 Å². The first kappa shape index (κ1) is 19.2. The molecule has 4 rings (SSSR count). The Morgan fingerprint density at radius 1 is 1.21 bits per heavy atom. The van der Waals surface area contributed by atoms with Gasteiger partial charge in [0.2, 0.25) is 0 Å². The summed E-state index contributed by atoms with van der Waals surface area (Å²) in [6, 6.07) is 20.1. The van der Waals surface area contributed by atoms with Crippen molar-refractivity contribution >= 4 is 5.91 Å². The van der Waals surface area contributed by atoms with E-state index in [-0.39, 0.29) is 5.91 Å². The molecule has 0 radical (unpaired) electrons. The number of carbonyl (C=O) groups excluding carboxylic acids is 1. The first-order valence-electron chi connectivity index (χ1n) is 9.94. The largest absolute Gasteiger partial charge is 0.496 e. The molecule has 1 aliphatic heterocycles. The maximum atomic E-state index is 12.5. The number of ether oxygens (including phenoxy) is 1. The van der Waals surface area contributed by atoms with Crippen LogP contribution in [0.15, 0.2) is 60.7 Å². The van der Waals surface area contributed by atoms with Crippen LogP contribution in [0, 0.1) is 0 Å². The Kier molecular flexibility index (Phi) is 5.91. The number of hydrogen-bond acceptors (Lipinski definition) is 4. The minimum atomic E-state index is -0.183. The molecule has 29 heavy (non-hydrogen) atoms. The summed E-state index contributed by atoms with van der Waals surface area (Å²) in [5.74, 6) is 0.958. The SMILES string of the molecule is COc1ccccc1CNC(=O)c1cc([C@H]2CCN(Cc3ccccc3)C2)[nH]n1. The predicted molar refractivity (Wildman–Crippen MR) is 112 cm³/mol. The topological polar surface area (TPSA) is 70.2 Å². The maximum Gasteiger partial charge on any atom is 0.272 e. The van der Waals surface area contributed by atoms with Gasteiger partial charge in [-0.3, -0.25) is 14.8 Å². The van der Waals surface area contributed by atoms with Crippen LogP contribution in [0.3, 0.4) is 0 Å². The van der Waals surface area contributed by atoms with Crippen LogP contribution in [0.1, 0.15) is 39.6 Å². The van der Waals surface area contributed by atoms with E-state index in [2.05, 4.69) is 44.7 Å². The van der Waals surface area contributed by atoms with E-state index in [1.165, 1.54) is 5.56 Å². The quantitative estimate of drug-likeness (QED) is 0.649. The van der Waals surface area contributed by atoms with Gasteiger partial charge in [-0.2, -0.15) is 5.10 Å². The summed E-state index contributed by atoms with van der Waals surface area (Å²) in [7, 11) is 1.63. The smallest absolute Gasteiger partial charge is 0.272 e. The van der Waals surface area contributed by atoms with E-state index < -0.39 is 0 Å². The standard InChI is InChI=1S/C23H26N4O2/c1-29-22-10-6-5-9-18(22)14-24-23(28)21-13-20(25-26-21)19-11-12-27(16-19)15-17-7-3-2-4-8-17/h2-10,13,19H,11-12,14-16H2,1H3,(H,24,28)(H,25,26)/t19-/m0/s1. The number of aromatic amines is 1. The third kappa shape index (κ3) is 4.66. The fourth-order valence-electron chi connectivity index (χ4n) is 3.85. The van der Waals surface area contributed by atoms with Crippen molar-refractivity contribution in [2.24, 2.45) is 0 Å². The second-order valence-corrected chi connectivity index (χ2v) is 7.41. The number of rotatable bonds is 7. The highest BCUT2D eigenvalue weighted by atomic mass is 16.5. The summed E-state index contributed by atoms with van der Waals surface area (Å²) >= 11 is 0. The number of H-pyrrole nitrogens is 1. The lowest BCUT2D eigenvalue weighted by Gasteiger charge is -2.15. The highest BCUT2D eigenvalue weighted by Gasteiger charge is 2.26. The Morgan fingerprint density at radius 3 is 2.83 bits per heavy atom. The van der Waals surface area contributed by atoms with E-state index in [9.17, 15) is 4.79 Å². The van der Waals surface area contributed by atoms with E-state index in [0.717, 1.165) is 43.1 Å². The molecule has 0 aliphatic carbocycles. The molecule has 6 nitrogen and oxygen atoms in total. The van der Waals surface area contributed by atoms with E-state index >= 15 is 0 Å². The molecular weight excluding hydrogens is 364 g/mol. The summed E-state index contributed by atoms with van der Waals surface area (Å²) in [6.45, 7) is 3.38. The maximum absolute atomic E-state index is 12.5. The Labute approximate surface area is 170 Å². The second-order valence-electron chi connectivity index (χ2n) is 7.41. The second kappa shape index (κ2) is 8.92. The fourth-order valence-corrected chi connectivity index (χ4v) is 3.85. The Hall–Kier alpha value is -3.12. The third-order valence-electron chi connectivity index (χ3n) is 5.42. The van der Waals surface area contributed by atoms with Crippen molar-refractivity contribution in [1.29, 1.82) is 0 Å². The summed E-state index contributed by atoms with van der Waals surface area (Å²) in [6.07, 6.45) is 1.07. The molecule has 0 unspecified atom stereocenters. The van der Waals surface area contributed by atoms with Gasteiger partial charge in [-0.05, 0) is 30.7 Å². The van der Waals surface area contributed by atoms with Gasteiger partial charge in [0.1, 0.15) is 11.4 Å². The molecule has 0 saturated carbocycles. The number of para-hydroxylation sites is 1. The Balaban J connectivity index is 1.33. The van der Waals surface area contributed by atoms with Crippen molar-refractivity contribution < 1.29 is 9.53 Å². The Bertz CT molecular complexity index is 954. The number of nitrogens with zero attached hydrogens (tertiary/aromatic N) is 2. The molecule has 1 amide bonds. The predicted octanol–water partition coefficient (Wildman–Crippen LogP) is 3.34. The van der Waals surface area contributed by atoms with Gasteiger partial charge in [-0.25, -0.2) is 0 Å².